The lowest BCUT2D eigenvalue weighted by Gasteiger charge is -2.25. The smallest absolute Gasteiger partial charge is 0.254 e. The van der Waals surface area contributed by atoms with Crippen molar-refractivity contribution >= 4 is 11.8 Å². The van der Waals surface area contributed by atoms with Crippen LogP contribution in [0.2, 0.25) is 0 Å². The SMILES string of the molecule is NC(=O)c1cccc(C(=O)N2C[C@@H](O)C[C@@H]2c2cccc(F)c2)c1. The molecule has 0 bridgehead atoms. The monoisotopic (exact) mass is 328 g/mol. The summed E-state index contributed by atoms with van der Waals surface area (Å²) in [5.74, 6) is -1.34. The minimum absolute atomic E-state index is 0.154. The summed E-state index contributed by atoms with van der Waals surface area (Å²) in [5, 5.41) is 9.98. The summed E-state index contributed by atoms with van der Waals surface area (Å²) in [6, 6.07) is 11.7. The average Bonchev–Trinajstić information content (AvgIpc) is 2.96. The van der Waals surface area contributed by atoms with Gasteiger partial charge in [-0.2, -0.15) is 0 Å². The van der Waals surface area contributed by atoms with Crippen LogP contribution in [0, 0.1) is 5.82 Å². The Kier molecular flexibility index (Phi) is 4.31. The van der Waals surface area contributed by atoms with Gasteiger partial charge in [0, 0.05) is 17.7 Å². The van der Waals surface area contributed by atoms with Crippen molar-refractivity contribution < 1.29 is 19.1 Å². The Labute approximate surface area is 138 Å². The summed E-state index contributed by atoms with van der Waals surface area (Å²) in [7, 11) is 0. The molecule has 124 valence electrons. The number of rotatable bonds is 3. The number of amides is 2. The van der Waals surface area contributed by atoms with Gasteiger partial charge in [0.25, 0.3) is 5.91 Å². The van der Waals surface area contributed by atoms with Gasteiger partial charge in [0.05, 0.1) is 12.1 Å². The number of likely N-dealkylation sites (tertiary alicyclic amines) is 1. The van der Waals surface area contributed by atoms with Crippen molar-refractivity contribution in [2.45, 2.75) is 18.6 Å². The molecular formula is C18H17FN2O3. The zero-order valence-corrected chi connectivity index (χ0v) is 12.9. The molecule has 3 N–H and O–H groups in total. The van der Waals surface area contributed by atoms with Crippen LogP contribution >= 0.6 is 0 Å². The van der Waals surface area contributed by atoms with Gasteiger partial charge in [-0.05, 0) is 42.3 Å². The molecule has 1 saturated heterocycles. The van der Waals surface area contributed by atoms with E-state index < -0.39 is 23.9 Å². The number of carbonyl (C=O) groups is 2. The van der Waals surface area contributed by atoms with Crippen molar-refractivity contribution in [1.29, 1.82) is 0 Å². The summed E-state index contributed by atoms with van der Waals surface area (Å²) in [6.07, 6.45) is -0.341. The average molecular weight is 328 g/mol. The maximum Gasteiger partial charge on any atom is 0.254 e. The molecule has 5 nitrogen and oxygen atoms in total. The number of nitrogens with zero attached hydrogens (tertiary/aromatic N) is 1. The molecule has 2 atom stereocenters. The Morgan fingerprint density at radius 1 is 1.12 bits per heavy atom. The van der Waals surface area contributed by atoms with Crippen LogP contribution in [0.5, 0.6) is 0 Å². The van der Waals surface area contributed by atoms with E-state index in [4.69, 9.17) is 5.73 Å². The number of hydrogen-bond donors (Lipinski definition) is 2. The lowest BCUT2D eigenvalue weighted by molar-refractivity contribution is 0.0715. The number of aliphatic hydroxyl groups excluding tert-OH is 1. The molecule has 1 aliphatic rings. The zero-order valence-electron chi connectivity index (χ0n) is 12.9. The van der Waals surface area contributed by atoms with Crippen LogP contribution in [0.15, 0.2) is 48.5 Å². The Morgan fingerprint density at radius 3 is 2.54 bits per heavy atom. The first-order valence-corrected chi connectivity index (χ1v) is 7.60. The molecule has 2 aromatic rings. The molecule has 1 fully saturated rings. The minimum atomic E-state index is -0.679. The highest BCUT2D eigenvalue weighted by atomic mass is 19.1. The number of nitrogens with two attached hydrogens (primary N) is 1. The van der Waals surface area contributed by atoms with Gasteiger partial charge in [-0.15, -0.1) is 0 Å². The fourth-order valence-corrected chi connectivity index (χ4v) is 3.04. The van der Waals surface area contributed by atoms with Gasteiger partial charge >= 0.3 is 0 Å². The highest BCUT2D eigenvalue weighted by molar-refractivity contribution is 5.99. The number of aliphatic hydroxyl groups is 1. The van der Waals surface area contributed by atoms with E-state index >= 15 is 0 Å². The van der Waals surface area contributed by atoms with E-state index in [0.717, 1.165) is 0 Å². The van der Waals surface area contributed by atoms with Crippen molar-refractivity contribution in [2.24, 2.45) is 5.73 Å². The maximum atomic E-state index is 13.5. The largest absolute Gasteiger partial charge is 0.391 e. The molecule has 0 spiro atoms. The second-order valence-corrected chi connectivity index (χ2v) is 5.86. The summed E-state index contributed by atoms with van der Waals surface area (Å²) < 4.78 is 13.5. The maximum absolute atomic E-state index is 13.5. The van der Waals surface area contributed by atoms with E-state index in [9.17, 15) is 19.1 Å². The first kappa shape index (κ1) is 16.1. The molecule has 0 aliphatic carbocycles. The number of carbonyl (C=O) groups excluding carboxylic acids is 2. The van der Waals surface area contributed by atoms with Gasteiger partial charge in [0.1, 0.15) is 5.82 Å². The molecule has 0 unspecified atom stereocenters. The Hall–Kier alpha value is -2.73. The first-order valence-electron chi connectivity index (χ1n) is 7.60. The lowest BCUT2D eigenvalue weighted by Crippen LogP contribution is -2.32. The molecule has 1 aliphatic heterocycles. The summed E-state index contributed by atoms with van der Waals surface area (Å²) >= 11 is 0. The fourth-order valence-electron chi connectivity index (χ4n) is 3.04. The summed E-state index contributed by atoms with van der Waals surface area (Å²) in [4.78, 5) is 25.6. The van der Waals surface area contributed by atoms with Gasteiger partial charge in [-0.3, -0.25) is 9.59 Å². The third kappa shape index (κ3) is 3.14. The topological polar surface area (TPSA) is 83.6 Å². The quantitative estimate of drug-likeness (QED) is 0.902. The molecule has 0 saturated carbocycles. The molecule has 24 heavy (non-hydrogen) atoms. The zero-order chi connectivity index (χ0) is 17.3. The van der Waals surface area contributed by atoms with Crippen molar-refractivity contribution in [1.82, 2.24) is 4.90 Å². The number of primary amides is 1. The molecule has 0 radical (unpaired) electrons. The van der Waals surface area contributed by atoms with E-state index in [2.05, 4.69) is 0 Å². The van der Waals surface area contributed by atoms with E-state index in [1.807, 2.05) is 0 Å². The molecule has 0 aromatic heterocycles. The van der Waals surface area contributed by atoms with E-state index in [0.29, 0.717) is 17.5 Å². The van der Waals surface area contributed by atoms with Gasteiger partial charge in [0.2, 0.25) is 5.91 Å². The lowest BCUT2D eigenvalue weighted by atomic mass is 10.0. The first-order chi connectivity index (χ1) is 11.5. The van der Waals surface area contributed by atoms with Crippen molar-refractivity contribution in [3.63, 3.8) is 0 Å². The van der Waals surface area contributed by atoms with Gasteiger partial charge < -0.3 is 15.7 Å². The van der Waals surface area contributed by atoms with Crippen LogP contribution in [0.25, 0.3) is 0 Å². The predicted molar refractivity (Wildman–Crippen MR) is 85.8 cm³/mol. The number of hydrogen-bond acceptors (Lipinski definition) is 3. The highest BCUT2D eigenvalue weighted by Crippen LogP contribution is 2.33. The van der Waals surface area contributed by atoms with Crippen LogP contribution in [0.3, 0.4) is 0 Å². The standard InChI is InChI=1S/C18H17FN2O3/c19-14-6-2-3-11(8-14)16-9-15(22)10-21(16)18(24)13-5-1-4-12(7-13)17(20)23/h1-8,15-16,22H,9-10H2,(H2,20,23)/t15-,16+/m0/s1. The van der Waals surface area contributed by atoms with Gasteiger partial charge in [-0.1, -0.05) is 18.2 Å². The number of β-amino-alcohol motifs (C(OH)–C–C–N with tert-alkyl or cyclic N) is 1. The summed E-state index contributed by atoms with van der Waals surface area (Å²) in [5.41, 5.74) is 6.42. The molecule has 2 aromatic carbocycles. The van der Waals surface area contributed by atoms with E-state index in [-0.39, 0.29) is 18.0 Å². The number of benzene rings is 2. The highest BCUT2D eigenvalue weighted by Gasteiger charge is 2.35. The molecule has 2 amide bonds. The second kappa shape index (κ2) is 6.41. The Bertz CT molecular complexity index is 793. The van der Waals surface area contributed by atoms with Crippen LogP contribution in [0.1, 0.15) is 38.7 Å². The van der Waals surface area contributed by atoms with Crippen LogP contribution < -0.4 is 5.73 Å². The van der Waals surface area contributed by atoms with Crippen LogP contribution in [-0.2, 0) is 0 Å². The predicted octanol–water partition coefficient (Wildman–Crippen LogP) is 1.87. The van der Waals surface area contributed by atoms with Crippen LogP contribution in [-0.4, -0.2) is 34.5 Å². The third-order valence-corrected chi connectivity index (χ3v) is 4.17. The second-order valence-electron chi connectivity index (χ2n) is 5.86. The third-order valence-electron chi connectivity index (χ3n) is 4.17. The van der Waals surface area contributed by atoms with Crippen molar-refractivity contribution in [3.8, 4) is 0 Å². The van der Waals surface area contributed by atoms with Crippen molar-refractivity contribution in [3.05, 3.63) is 71.0 Å². The van der Waals surface area contributed by atoms with E-state index in [1.165, 1.54) is 29.2 Å². The normalized spacial score (nSPS) is 20.2. The van der Waals surface area contributed by atoms with Crippen molar-refractivity contribution in [2.75, 3.05) is 6.54 Å². The molecule has 1 heterocycles. The van der Waals surface area contributed by atoms with Crippen LogP contribution in [0.4, 0.5) is 4.39 Å². The fraction of sp³-hybridized carbons (Fsp3) is 0.222. The summed E-state index contributed by atoms with van der Waals surface area (Å²) in [6.45, 7) is 0.154. The minimum Gasteiger partial charge on any atom is -0.391 e. The Morgan fingerprint density at radius 2 is 1.83 bits per heavy atom. The van der Waals surface area contributed by atoms with Gasteiger partial charge in [-0.25, -0.2) is 4.39 Å². The number of halogens is 1. The molecule has 6 heteroatoms. The van der Waals surface area contributed by atoms with E-state index in [1.54, 1.807) is 24.3 Å². The molecular weight excluding hydrogens is 311 g/mol. The van der Waals surface area contributed by atoms with Gasteiger partial charge in [0.15, 0.2) is 0 Å². The Balaban J connectivity index is 1.92. The molecule has 3 rings (SSSR count).